The number of rotatable bonds is 4. The molecule has 1 N–H and O–H groups in total. The summed E-state index contributed by atoms with van der Waals surface area (Å²) in [7, 11) is 0. The van der Waals surface area contributed by atoms with Crippen LogP contribution in [0.2, 0.25) is 0 Å². The van der Waals surface area contributed by atoms with Gasteiger partial charge >= 0.3 is 0 Å². The van der Waals surface area contributed by atoms with Gasteiger partial charge < -0.3 is 5.32 Å². The van der Waals surface area contributed by atoms with E-state index in [-0.39, 0.29) is 0 Å². The van der Waals surface area contributed by atoms with E-state index in [4.69, 9.17) is 0 Å². The quantitative estimate of drug-likeness (QED) is 0.825. The number of likely N-dealkylation sites (tertiary alicyclic amines) is 1. The van der Waals surface area contributed by atoms with Crippen LogP contribution >= 0.6 is 0 Å². The maximum atomic E-state index is 3.81. The summed E-state index contributed by atoms with van der Waals surface area (Å²) in [5.74, 6) is 0. The van der Waals surface area contributed by atoms with Crippen molar-refractivity contribution in [3.05, 3.63) is 0 Å². The summed E-state index contributed by atoms with van der Waals surface area (Å²) in [5, 5.41) is 3.81. The monoisotopic (exact) mass is 252 g/mol. The van der Waals surface area contributed by atoms with Gasteiger partial charge in [-0.25, -0.2) is 0 Å². The molecule has 1 heterocycles. The Kier molecular flexibility index (Phi) is 5.08. The van der Waals surface area contributed by atoms with Crippen LogP contribution in [0.15, 0.2) is 0 Å². The third kappa shape index (κ3) is 4.24. The first kappa shape index (κ1) is 14.3. The highest BCUT2D eigenvalue weighted by atomic mass is 15.2. The molecule has 0 aromatic carbocycles. The van der Waals surface area contributed by atoms with Crippen molar-refractivity contribution in [3.63, 3.8) is 0 Å². The molecule has 18 heavy (non-hydrogen) atoms. The lowest BCUT2D eigenvalue weighted by Crippen LogP contribution is -2.46. The fourth-order valence-corrected chi connectivity index (χ4v) is 3.43. The second-order valence-electron chi connectivity index (χ2n) is 7.29. The van der Waals surface area contributed by atoms with Gasteiger partial charge in [-0.05, 0) is 64.0 Å². The molecule has 2 heteroatoms. The molecule has 0 bridgehead atoms. The molecule has 1 unspecified atom stereocenters. The summed E-state index contributed by atoms with van der Waals surface area (Å²) in [4.78, 5) is 2.67. The molecule has 1 saturated carbocycles. The van der Waals surface area contributed by atoms with E-state index in [1.165, 1.54) is 64.6 Å². The minimum atomic E-state index is 0.594. The predicted molar refractivity (Wildman–Crippen MR) is 78.9 cm³/mol. The summed E-state index contributed by atoms with van der Waals surface area (Å²) in [6.07, 6.45) is 9.78. The summed E-state index contributed by atoms with van der Waals surface area (Å²) in [6, 6.07) is 1.51. The van der Waals surface area contributed by atoms with Crippen LogP contribution in [0.1, 0.15) is 65.7 Å². The molecule has 1 saturated heterocycles. The summed E-state index contributed by atoms with van der Waals surface area (Å²) >= 11 is 0. The van der Waals surface area contributed by atoms with Crippen molar-refractivity contribution in [1.29, 1.82) is 0 Å². The number of nitrogens with zero attached hydrogens (tertiary/aromatic N) is 1. The molecule has 0 aromatic heterocycles. The van der Waals surface area contributed by atoms with E-state index >= 15 is 0 Å². The maximum absolute atomic E-state index is 3.81. The van der Waals surface area contributed by atoms with Crippen molar-refractivity contribution in [2.24, 2.45) is 5.41 Å². The van der Waals surface area contributed by atoms with Gasteiger partial charge in [0.25, 0.3) is 0 Å². The van der Waals surface area contributed by atoms with E-state index in [0.717, 1.165) is 12.1 Å². The number of hydrogen-bond donors (Lipinski definition) is 1. The van der Waals surface area contributed by atoms with E-state index in [1.54, 1.807) is 0 Å². The van der Waals surface area contributed by atoms with Gasteiger partial charge in [0.15, 0.2) is 0 Å². The fourth-order valence-electron chi connectivity index (χ4n) is 3.43. The second kappa shape index (κ2) is 6.38. The zero-order valence-electron chi connectivity index (χ0n) is 12.7. The van der Waals surface area contributed by atoms with Crippen molar-refractivity contribution < 1.29 is 0 Å². The van der Waals surface area contributed by atoms with Crippen LogP contribution < -0.4 is 5.32 Å². The van der Waals surface area contributed by atoms with Crippen LogP contribution in [0.4, 0.5) is 0 Å². The highest BCUT2D eigenvalue weighted by Crippen LogP contribution is 2.34. The first-order valence-corrected chi connectivity index (χ1v) is 8.04. The van der Waals surface area contributed by atoms with Crippen LogP contribution in [0, 0.1) is 5.41 Å². The Balaban J connectivity index is 1.65. The predicted octanol–water partition coefficient (Wildman–Crippen LogP) is 3.42. The van der Waals surface area contributed by atoms with Crippen molar-refractivity contribution in [2.45, 2.75) is 77.8 Å². The van der Waals surface area contributed by atoms with E-state index in [0.29, 0.717) is 5.41 Å². The zero-order valence-corrected chi connectivity index (χ0v) is 12.7. The van der Waals surface area contributed by atoms with Crippen molar-refractivity contribution in [3.8, 4) is 0 Å². The van der Waals surface area contributed by atoms with Crippen LogP contribution in [-0.4, -0.2) is 36.6 Å². The minimum absolute atomic E-state index is 0.594. The first-order valence-electron chi connectivity index (χ1n) is 8.04. The SMILES string of the molecule is CC(CNC1CCC(C)(C)CC1)N1CCCCC1. The van der Waals surface area contributed by atoms with Gasteiger partial charge in [-0.1, -0.05) is 20.3 Å². The molecule has 1 aliphatic carbocycles. The van der Waals surface area contributed by atoms with Gasteiger partial charge in [0.2, 0.25) is 0 Å². The van der Waals surface area contributed by atoms with Crippen molar-refractivity contribution in [1.82, 2.24) is 10.2 Å². The third-order valence-electron chi connectivity index (χ3n) is 5.06. The van der Waals surface area contributed by atoms with Crippen LogP contribution in [-0.2, 0) is 0 Å². The average molecular weight is 252 g/mol. The first-order chi connectivity index (χ1) is 8.57. The molecule has 106 valence electrons. The molecule has 0 spiro atoms. The van der Waals surface area contributed by atoms with Gasteiger partial charge in [-0.3, -0.25) is 4.90 Å². The van der Waals surface area contributed by atoms with Crippen LogP contribution in [0.25, 0.3) is 0 Å². The average Bonchev–Trinajstić information content (AvgIpc) is 2.38. The van der Waals surface area contributed by atoms with Gasteiger partial charge in [-0.15, -0.1) is 0 Å². The lowest BCUT2D eigenvalue weighted by molar-refractivity contribution is 0.156. The summed E-state index contributed by atoms with van der Waals surface area (Å²) in [5.41, 5.74) is 0.594. The van der Waals surface area contributed by atoms with E-state index in [9.17, 15) is 0 Å². The Morgan fingerprint density at radius 2 is 1.72 bits per heavy atom. The van der Waals surface area contributed by atoms with Crippen molar-refractivity contribution >= 4 is 0 Å². The second-order valence-corrected chi connectivity index (χ2v) is 7.29. The number of nitrogens with one attached hydrogen (secondary N) is 1. The number of hydrogen-bond acceptors (Lipinski definition) is 2. The van der Waals surface area contributed by atoms with Gasteiger partial charge in [0, 0.05) is 18.6 Å². The van der Waals surface area contributed by atoms with E-state index in [1.807, 2.05) is 0 Å². The van der Waals surface area contributed by atoms with Gasteiger partial charge in [0.1, 0.15) is 0 Å². The minimum Gasteiger partial charge on any atom is -0.312 e. The Morgan fingerprint density at radius 1 is 1.11 bits per heavy atom. The molecule has 2 rings (SSSR count). The van der Waals surface area contributed by atoms with E-state index in [2.05, 4.69) is 31.0 Å². The lowest BCUT2D eigenvalue weighted by Gasteiger charge is -2.37. The molecule has 2 nitrogen and oxygen atoms in total. The van der Waals surface area contributed by atoms with E-state index < -0.39 is 0 Å². The Labute approximate surface area is 114 Å². The van der Waals surface area contributed by atoms with Crippen LogP contribution in [0.3, 0.4) is 0 Å². The van der Waals surface area contributed by atoms with Gasteiger partial charge in [-0.2, -0.15) is 0 Å². The summed E-state index contributed by atoms with van der Waals surface area (Å²) in [6.45, 7) is 11.1. The smallest absolute Gasteiger partial charge is 0.0192 e. The molecule has 1 aliphatic heterocycles. The molecule has 0 radical (unpaired) electrons. The largest absolute Gasteiger partial charge is 0.312 e. The normalized spacial score (nSPS) is 28.2. The summed E-state index contributed by atoms with van der Waals surface area (Å²) < 4.78 is 0. The standard InChI is InChI=1S/C16H32N2/c1-14(18-11-5-4-6-12-18)13-17-15-7-9-16(2,3)10-8-15/h14-15,17H,4-13H2,1-3H3. The van der Waals surface area contributed by atoms with Crippen molar-refractivity contribution in [2.75, 3.05) is 19.6 Å². The third-order valence-corrected chi connectivity index (χ3v) is 5.06. The lowest BCUT2D eigenvalue weighted by atomic mass is 9.75. The Morgan fingerprint density at radius 3 is 2.33 bits per heavy atom. The van der Waals surface area contributed by atoms with Crippen LogP contribution in [0.5, 0.6) is 0 Å². The van der Waals surface area contributed by atoms with Gasteiger partial charge in [0.05, 0.1) is 0 Å². The Hall–Kier alpha value is -0.0800. The molecule has 1 atom stereocenters. The molecule has 0 amide bonds. The molecule has 2 aliphatic rings. The molecular formula is C16H32N2. The number of piperidine rings is 1. The highest BCUT2D eigenvalue weighted by Gasteiger charge is 2.27. The molecule has 0 aromatic rings. The maximum Gasteiger partial charge on any atom is 0.0192 e. The topological polar surface area (TPSA) is 15.3 Å². The Bertz CT molecular complexity index is 233. The molecular weight excluding hydrogens is 220 g/mol. The highest BCUT2D eigenvalue weighted by molar-refractivity contribution is 4.83. The zero-order chi connectivity index (χ0) is 13.0. The fraction of sp³-hybridized carbons (Fsp3) is 1.00. The molecule has 2 fully saturated rings.